The lowest BCUT2D eigenvalue weighted by molar-refractivity contribution is 0.413. The molecular formula is C33H28Cl2N4O2S. The lowest BCUT2D eigenvalue weighted by Gasteiger charge is -2.28. The lowest BCUT2D eigenvalue weighted by atomic mass is 9.96. The highest BCUT2D eigenvalue weighted by Gasteiger charge is 2.42. The first-order valence-corrected chi connectivity index (χ1v) is 14.6. The fourth-order valence-corrected chi connectivity index (χ4v) is 6.25. The summed E-state index contributed by atoms with van der Waals surface area (Å²) in [7, 11) is 1.64. The van der Waals surface area contributed by atoms with Crippen LogP contribution in [0, 0.1) is 13.8 Å². The highest BCUT2D eigenvalue weighted by atomic mass is 35.5. The first-order valence-electron chi connectivity index (χ1n) is 13.4. The minimum atomic E-state index is -0.183. The van der Waals surface area contributed by atoms with Crippen molar-refractivity contribution in [3.63, 3.8) is 0 Å². The van der Waals surface area contributed by atoms with Crippen LogP contribution in [0.25, 0.3) is 5.69 Å². The van der Waals surface area contributed by atoms with Gasteiger partial charge in [0, 0.05) is 23.3 Å². The summed E-state index contributed by atoms with van der Waals surface area (Å²) < 4.78 is 13.5. The van der Waals surface area contributed by atoms with Crippen LogP contribution >= 0.6 is 35.4 Å². The van der Waals surface area contributed by atoms with Crippen molar-refractivity contribution in [3.8, 4) is 22.9 Å². The minimum Gasteiger partial charge on any atom is -0.497 e. The summed E-state index contributed by atoms with van der Waals surface area (Å²) in [6.45, 7) is 4.17. The fraction of sp³-hybridized carbons (Fsp3) is 0.152. The fourth-order valence-electron chi connectivity index (χ4n) is 5.53. The number of anilines is 1. The molecule has 1 N–H and O–H groups in total. The Bertz CT molecular complexity index is 1740. The Labute approximate surface area is 260 Å². The number of ether oxygens (including phenoxy) is 2. The molecule has 6 nitrogen and oxygen atoms in total. The monoisotopic (exact) mass is 614 g/mol. The van der Waals surface area contributed by atoms with Gasteiger partial charge in [0.1, 0.15) is 17.2 Å². The average Bonchev–Trinajstić information content (AvgIpc) is 3.50. The number of hydrogen-bond donors (Lipinski definition) is 1. The van der Waals surface area contributed by atoms with Gasteiger partial charge in [-0.15, -0.1) is 0 Å². The van der Waals surface area contributed by atoms with E-state index in [-0.39, 0.29) is 12.1 Å². The first-order chi connectivity index (χ1) is 20.4. The molecule has 6 rings (SSSR count). The highest BCUT2D eigenvalue weighted by Crippen LogP contribution is 2.44. The Hall–Kier alpha value is -4.04. The van der Waals surface area contributed by atoms with Gasteiger partial charge in [-0.25, -0.2) is 0 Å². The Morgan fingerprint density at radius 1 is 0.857 bits per heavy atom. The van der Waals surface area contributed by atoms with E-state index in [1.807, 2.05) is 78.9 Å². The number of halogens is 2. The molecule has 212 valence electrons. The molecule has 0 aliphatic carbocycles. The van der Waals surface area contributed by atoms with Gasteiger partial charge in [-0.1, -0.05) is 35.3 Å². The summed E-state index contributed by atoms with van der Waals surface area (Å²) in [6.07, 6.45) is 1.81. The highest BCUT2D eigenvalue weighted by molar-refractivity contribution is 7.80. The largest absolute Gasteiger partial charge is 0.497 e. The molecule has 0 amide bonds. The van der Waals surface area contributed by atoms with Gasteiger partial charge in [0.15, 0.2) is 5.11 Å². The van der Waals surface area contributed by atoms with Crippen LogP contribution < -0.4 is 19.7 Å². The van der Waals surface area contributed by atoms with Crippen molar-refractivity contribution in [2.45, 2.75) is 25.9 Å². The molecule has 0 saturated carbocycles. The van der Waals surface area contributed by atoms with Crippen LogP contribution in [0.4, 0.5) is 5.69 Å². The van der Waals surface area contributed by atoms with Crippen LogP contribution in [0.5, 0.6) is 17.2 Å². The molecular weight excluding hydrogens is 587 g/mol. The van der Waals surface area contributed by atoms with Crippen molar-refractivity contribution >= 4 is 46.2 Å². The molecule has 1 saturated heterocycles. The van der Waals surface area contributed by atoms with Crippen LogP contribution in [-0.4, -0.2) is 21.8 Å². The van der Waals surface area contributed by atoms with Gasteiger partial charge >= 0.3 is 0 Å². The standard InChI is InChI=1S/C33H28Cl2N4O2S/c1-20-19-26(21(2)38(20)29-9-6-7-27(34)30(29)35)32-31(28-8-4-5-18-36-28)37-33(42)39(32)22-10-12-24(13-11-22)41-25-16-14-23(40-3)15-17-25/h4-19,31-32H,1-3H3,(H,37,42). The molecule has 0 radical (unpaired) electrons. The van der Waals surface area contributed by atoms with Gasteiger partial charge in [0.05, 0.1) is 40.6 Å². The van der Waals surface area contributed by atoms with Crippen LogP contribution in [0.3, 0.4) is 0 Å². The number of benzene rings is 3. The predicted octanol–water partition coefficient (Wildman–Crippen LogP) is 8.77. The summed E-state index contributed by atoms with van der Waals surface area (Å²) >= 11 is 19.0. The molecule has 1 fully saturated rings. The molecule has 2 atom stereocenters. The van der Waals surface area contributed by atoms with Gasteiger partial charge in [-0.2, -0.15) is 0 Å². The predicted molar refractivity (Wildman–Crippen MR) is 173 cm³/mol. The number of thiocarbonyl (C=S) groups is 1. The van der Waals surface area contributed by atoms with E-state index < -0.39 is 0 Å². The molecule has 9 heteroatoms. The normalized spacial score (nSPS) is 16.4. The molecule has 0 spiro atoms. The van der Waals surface area contributed by atoms with Gasteiger partial charge in [0.25, 0.3) is 0 Å². The molecule has 0 bridgehead atoms. The second-order valence-corrected chi connectivity index (χ2v) is 11.2. The molecule has 1 aliphatic rings. The molecule has 2 aromatic heterocycles. The van der Waals surface area contributed by atoms with Crippen molar-refractivity contribution in [3.05, 3.63) is 130 Å². The van der Waals surface area contributed by atoms with Gasteiger partial charge < -0.3 is 24.3 Å². The average molecular weight is 616 g/mol. The Morgan fingerprint density at radius 3 is 2.21 bits per heavy atom. The number of pyridine rings is 1. The van der Waals surface area contributed by atoms with Crippen LogP contribution in [0.2, 0.25) is 10.0 Å². The van der Waals surface area contributed by atoms with Gasteiger partial charge in [-0.3, -0.25) is 4.98 Å². The van der Waals surface area contributed by atoms with Gasteiger partial charge in [0.2, 0.25) is 0 Å². The maximum atomic E-state index is 6.68. The number of aromatic nitrogens is 2. The second kappa shape index (κ2) is 11.7. The zero-order valence-corrected chi connectivity index (χ0v) is 25.5. The summed E-state index contributed by atoms with van der Waals surface area (Å²) in [6, 6.07) is 28.9. The number of aryl methyl sites for hydroxylation is 1. The van der Waals surface area contributed by atoms with Crippen molar-refractivity contribution in [2.75, 3.05) is 12.0 Å². The third-order valence-corrected chi connectivity index (χ3v) is 8.59. The zero-order valence-electron chi connectivity index (χ0n) is 23.2. The quantitative estimate of drug-likeness (QED) is 0.185. The lowest BCUT2D eigenvalue weighted by Crippen LogP contribution is -2.29. The summed E-state index contributed by atoms with van der Waals surface area (Å²) in [4.78, 5) is 6.84. The van der Waals surface area contributed by atoms with Crippen LogP contribution in [-0.2, 0) is 0 Å². The molecule has 42 heavy (non-hydrogen) atoms. The molecule has 2 unspecified atom stereocenters. The number of hydrogen-bond acceptors (Lipinski definition) is 4. The maximum absolute atomic E-state index is 6.68. The molecule has 3 aromatic carbocycles. The number of nitrogens with zero attached hydrogens (tertiary/aromatic N) is 3. The van der Waals surface area contributed by atoms with Crippen molar-refractivity contribution < 1.29 is 9.47 Å². The maximum Gasteiger partial charge on any atom is 0.174 e. The number of rotatable bonds is 7. The van der Waals surface area contributed by atoms with E-state index in [9.17, 15) is 0 Å². The van der Waals surface area contributed by atoms with E-state index in [2.05, 4.69) is 34.7 Å². The zero-order chi connectivity index (χ0) is 29.4. The molecule has 5 aromatic rings. The Kier molecular flexibility index (Phi) is 7.82. The minimum absolute atomic E-state index is 0.182. The Morgan fingerprint density at radius 2 is 1.55 bits per heavy atom. The van der Waals surface area contributed by atoms with Crippen LogP contribution in [0.15, 0.2) is 97.2 Å². The van der Waals surface area contributed by atoms with E-state index in [4.69, 9.17) is 49.9 Å². The van der Waals surface area contributed by atoms with E-state index in [1.54, 1.807) is 19.4 Å². The number of methoxy groups -OCH3 is 1. The summed E-state index contributed by atoms with van der Waals surface area (Å²) in [5.74, 6) is 2.22. The van der Waals surface area contributed by atoms with Gasteiger partial charge in [-0.05, 0) is 110 Å². The third-order valence-electron chi connectivity index (χ3n) is 7.47. The summed E-state index contributed by atoms with van der Waals surface area (Å²) in [5.41, 5.74) is 5.84. The van der Waals surface area contributed by atoms with E-state index in [1.165, 1.54) is 0 Å². The SMILES string of the molecule is COc1ccc(Oc2ccc(N3C(=S)NC(c4ccccn4)C3c3cc(C)n(-c4cccc(Cl)c4Cl)c3C)cc2)cc1. The van der Waals surface area contributed by atoms with E-state index in [0.717, 1.165) is 45.5 Å². The first kappa shape index (κ1) is 28.1. The van der Waals surface area contributed by atoms with E-state index >= 15 is 0 Å². The third kappa shape index (κ3) is 5.20. The van der Waals surface area contributed by atoms with Crippen molar-refractivity contribution in [2.24, 2.45) is 0 Å². The van der Waals surface area contributed by atoms with Crippen LogP contribution in [0.1, 0.15) is 34.7 Å². The Balaban J connectivity index is 1.40. The van der Waals surface area contributed by atoms with Crippen molar-refractivity contribution in [1.82, 2.24) is 14.9 Å². The van der Waals surface area contributed by atoms with E-state index in [0.29, 0.717) is 20.9 Å². The molecule has 1 aliphatic heterocycles. The number of nitrogens with one attached hydrogen (secondary N) is 1. The second-order valence-electron chi connectivity index (χ2n) is 10.0. The van der Waals surface area contributed by atoms with Crippen molar-refractivity contribution in [1.29, 1.82) is 0 Å². The topological polar surface area (TPSA) is 51.6 Å². The summed E-state index contributed by atoms with van der Waals surface area (Å²) in [5, 5.41) is 5.18. The smallest absolute Gasteiger partial charge is 0.174 e. The molecule has 3 heterocycles.